The van der Waals surface area contributed by atoms with E-state index in [2.05, 4.69) is 9.47 Å². The number of hydrogen-bond donors (Lipinski definition) is 0. The normalized spacial score (nSPS) is 28.2. The molecule has 2 rings (SSSR count). The van der Waals surface area contributed by atoms with E-state index in [1.807, 2.05) is 0 Å². The Labute approximate surface area is 88.5 Å². The maximum atomic E-state index is 11.2. The third-order valence-corrected chi connectivity index (χ3v) is 25.7. The molecule has 0 aromatic rings. The fourth-order valence-corrected chi connectivity index (χ4v) is 28.8. The van der Waals surface area contributed by atoms with Crippen LogP contribution in [0.5, 0.6) is 0 Å². The van der Waals surface area contributed by atoms with Crippen molar-refractivity contribution in [1.82, 2.24) is 0 Å². The number of fused-ring (bicyclic) bond motifs is 1. The number of carbonyl (C=O) groups excluding carboxylic acids is 4. The van der Waals surface area contributed by atoms with Crippen LogP contribution in [0.15, 0.2) is 0 Å². The van der Waals surface area contributed by atoms with Crippen LogP contribution in [-0.2, 0) is 19.1 Å². The fraction of sp³-hybridized carbons (Fsp3) is 0.333. The van der Waals surface area contributed by atoms with Crippen LogP contribution in [0.2, 0.25) is 0 Å². The Morgan fingerprint density at radius 2 is 2.07 bits per heavy atom. The van der Waals surface area contributed by atoms with Crippen molar-refractivity contribution in [2.45, 2.75) is 8.86 Å². The van der Waals surface area contributed by atoms with Gasteiger partial charge in [0.15, 0.2) is 0 Å². The molecule has 0 aliphatic carbocycles. The Bertz CT molecular complexity index is 343. The fourth-order valence-electron chi connectivity index (χ4n) is 0.866. The summed E-state index contributed by atoms with van der Waals surface area (Å²) < 4.78 is 7.24. The van der Waals surface area contributed by atoms with E-state index in [1.54, 1.807) is 0 Å². The summed E-state index contributed by atoms with van der Waals surface area (Å²) >= 11 is -4.36. The van der Waals surface area contributed by atoms with Crippen molar-refractivity contribution in [3.05, 3.63) is 0 Å². The topological polar surface area (TPSA) is 86.7 Å². The van der Waals surface area contributed by atoms with Crippen molar-refractivity contribution in [3.63, 3.8) is 0 Å². The maximum absolute atomic E-state index is 11.2. The van der Waals surface area contributed by atoms with Gasteiger partial charge in [0.2, 0.25) is 0 Å². The van der Waals surface area contributed by atoms with Crippen molar-refractivity contribution in [2.75, 3.05) is 0 Å². The molecule has 0 aromatic carbocycles. The number of hydrogen-bond acceptors (Lipinski definition) is 6. The first-order valence-electron chi connectivity index (χ1n) is 3.38. The van der Waals surface area contributed by atoms with E-state index < -0.39 is 53.5 Å². The Hall–Kier alpha value is -0.260. The van der Waals surface area contributed by atoms with Crippen molar-refractivity contribution < 1.29 is 28.7 Å². The molecule has 0 N–H and O–H groups in total. The summed E-state index contributed by atoms with van der Waals surface area (Å²) in [5, 5.41) is 0. The van der Waals surface area contributed by atoms with Gasteiger partial charge < -0.3 is 0 Å². The molecule has 1 atom stereocenters. The second-order valence-corrected chi connectivity index (χ2v) is 23.7. The van der Waals surface area contributed by atoms with Gasteiger partial charge >= 0.3 is 89.1 Å². The summed E-state index contributed by atoms with van der Waals surface area (Å²) in [5.74, 6) is -1.25. The molecule has 2 fully saturated rings. The molecule has 78 valence electrons. The van der Waals surface area contributed by atoms with E-state index in [4.69, 9.17) is 0 Å². The monoisotopic (exact) mass is 426 g/mol. The molecule has 0 spiro atoms. The molecule has 1 unspecified atom stereocenters. The number of alkyl halides is 2. The van der Waals surface area contributed by atoms with Crippen molar-refractivity contribution >= 4 is 51.6 Å². The number of halogens is 2. The first-order valence-corrected chi connectivity index (χ1v) is 14.3. The summed E-state index contributed by atoms with van der Waals surface area (Å²) in [6, 6.07) is 0. The third kappa shape index (κ3) is 1.53. The van der Waals surface area contributed by atoms with Crippen LogP contribution < -0.4 is 0 Å². The first kappa shape index (κ1) is 10.3. The Morgan fingerprint density at radius 3 is 2.50 bits per heavy atom. The second-order valence-electron chi connectivity index (χ2n) is 2.32. The standard InChI is InChI=1S/C6H4I2O6/c1-2(9)13-5(11)7-3-4(10)14-6(12)8(3)7/h3H,1H3. The van der Waals surface area contributed by atoms with Gasteiger partial charge in [-0.05, 0) is 0 Å². The van der Waals surface area contributed by atoms with Crippen LogP contribution in [0, 0.1) is 0 Å². The van der Waals surface area contributed by atoms with Crippen molar-refractivity contribution in [2.24, 2.45) is 0 Å². The quantitative estimate of drug-likeness (QED) is 0.208. The van der Waals surface area contributed by atoms with Gasteiger partial charge in [0.25, 0.3) is 0 Å². The molecule has 2 heterocycles. The molecular weight excluding hydrogens is 422 g/mol. The molecule has 0 radical (unpaired) electrons. The zero-order valence-electron chi connectivity index (χ0n) is 6.78. The first-order chi connectivity index (χ1) is 6.52. The minimum absolute atomic E-state index is 0.414. The summed E-state index contributed by atoms with van der Waals surface area (Å²) in [6.07, 6.45) is 0. The van der Waals surface area contributed by atoms with E-state index >= 15 is 0 Å². The van der Waals surface area contributed by atoms with E-state index in [-0.39, 0.29) is 0 Å². The van der Waals surface area contributed by atoms with Crippen LogP contribution >= 0.6 is 31.7 Å². The average molecular weight is 426 g/mol. The van der Waals surface area contributed by atoms with Crippen LogP contribution in [0.25, 0.3) is 0 Å². The summed E-state index contributed by atoms with van der Waals surface area (Å²) in [6.45, 7) is 1.12. The van der Waals surface area contributed by atoms with E-state index in [0.717, 1.165) is 6.92 Å². The second kappa shape index (κ2) is 3.40. The van der Waals surface area contributed by atoms with Crippen LogP contribution in [0.1, 0.15) is 6.92 Å². The summed E-state index contributed by atoms with van der Waals surface area (Å²) in [5.41, 5.74) is 0. The Kier molecular flexibility index (Phi) is 2.49. The van der Waals surface area contributed by atoms with Crippen LogP contribution in [0.4, 0.5) is 9.59 Å². The van der Waals surface area contributed by atoms with Gasteiger partial charge in [0.05, 0.1) is 0 Å². The van der Waals surface area contributed by atoms with Crippen molar-refractivity contribution in [1.29, 1.82) is 0 Å². The number of cyclic esters (lactones) is 2. The van der Waals surface area contributed by atoms with Gasteiger partial charge in [0.1, 0.15) is 0 Å². The summed E-state index contributed by atoms with van der Waals surface area (Å²) in [4.78, 5) is 43.7. The molecular formula is C6H4I2O6. The Balaban J connectivity index is 2.05. The molecule has 6 nitrogen and oxygen atoms in total. The van der Waals surface area contributed by atoms with Gasteiger partial charge in [-0.15, -0.1) is 0 Å². The van der Waals surface area contributed by atoms with E-state index in [1.165, 1.54) is 0 Å². The molecule has 8 heteroatoms. The number of esters is 2. The van der Waals surface area contributed by atoms with Crippen LogP contribution in [-0.4, -0.2) is 21.8 Å². The molecule has 0 bridgehead atoms. The van der Waals surface area contributed by atoms with E-state index in [0.29, 0.717) is 0 Å². The average Bonchev–Trinajstić information content (AvgIpc) is 2.69. The SMILES string of the molecule is CC(=O)OC(=O)I1C2C(=O)OC(=O)I21. The minimum atomic E-state index is -2.24. The van der Waals surface area contributed by atoms with Crippen LogP contribution in [0.3, 0.4) is 0 Å². The predicted molar refractivity (Wildman–Crippen MR) is 60.5 cm³/mol. The molecule has 0 aromatic heterocycles. The zero-order valence-corrected chi connectivity index (χ0v) is 11.1. The van der Waals surface area contributed by atoms with Crippen molar-refractivity contribution in [3.8, 4) is 0 Å². The number of rotatable bonds is 1. The van der Waals surface area contributed by atoms with Gasteiger partial charge in [-0.3, -0.25) is 0 Å². The molecule has 14 heavy (non-hydrogen) atoms. The molecule has 0 amide bonds. The molecule has 2 aliphatic rings. The van der Waals surface area contributed by atoms with E-state index in [9.17, 15) is 19.2 Å². The molecule has 2 aliphatic heterocycles. The third-order valence-electron chi connectivity index (χ3n) is 1.35. The van der Waals surface area contributed by atoms with Gasteiger partial charge in [-0.2, -0.15) is 0 Å². The van der Waals surface area contributed by atoms with Gasteiger partial charge in [0, 0.05) is 0 Å². The number of carbonyl (C=O) groups is 4. The number of ether oxygens (including phenoxy) is 2. The summed E-state index contributed by atoms with van der Waals surface area (Å²) in [7, 11) is 0. The zero-order chi connectivity index (χ0) is 10.5. The van der Waals surface area contributed by atoms with Gasteiger partial charge in [-0.25, -0.2) is 0 Å². The molecule has 2 saturated heterocycles. The predicted octanol–water partition coefficient (Wildman–Crippen LogP) is 1.61. The molecule has 0 saturated carbocycles. The Morgan fingerprint density at radius 1 is 1.43 bits per heavy atom. The van der Waals surface area contributed by atoms with Gasteiger partial charge in [-0.1, -0.05) is 0 Å².